The molecular weight excluding hydrogens is 234 g/mol. The van der Waals surface area contributed by atoms with Gasteiger partial charge in [0.1, 0.15) is 5.76 Å². The number of halogens is 1. The second-order valence-electron chi connectivity index (χ2n) is 4.20. The molecule has 1 aromatic carbocycles. The first-order valence-corrected chi connectivity index (χ1v) is 6.26. The zero-order chi connectivity index (χ0) is 12.8. The van der Waals surface area contributed by atoms with E-state index in [1.165, 1.54) is 0 Å². The standard InChI is InChI=1S/C14H20ClNO/c1-5-17-11(4)12-6-7-14(15)13(8-12)9-16-10(2)3/h6-8,10,16H,4-5,9H2,1-3H3. The summed E-state index contributed by atoms with van der Waals surface area (Å²) >= 11 is 6.15. The number of nitrogens with one attached hydrogen (secondary N) is 1. The lowest BCUT2D eigenvalue weighted by molar-refractivity contribution is 0.299. The summed E-state index contributed by atoms with van der Waals surface area (Å²) in [4.78, 5) is 0. The molecule has 94 valence electrons. The highest BCUT2D eigenvalue weighted by atomic mass is 35.5. The van der Waals surface area contributed by atoms with Gasteiger partial charge in [-0.1, -0.05) is 32.0 Å². The summed E-state index contributed by atoms with van der Waals surface area (Å²) in [6, 6.07) is 6.28. The van der Waals surface area contributed by atoms with E-state index in [0.717, 1.165) is 22.7 Å². The van der Waals surface area contributed by atoms with Crippen LogP contribution in [0.1, 0.15) is 31.9 Å². The van der Waals surface area contributed by atoms with Crippen molar-refractivity contribution >= 4 is 17.4 Å². The second-order valence-corrected chi connectivity index (χ2v) is 4.61. The smallest absolute Gasteiger partial charge is 0.119 e. The molecule has 0 aliphatic heterocycles. The Morgan fingerprint density at radius 2 is 2.18 bits per heavy atom. The van der Waals surface area contributed by atoms with Crippen LogP contribution in [-0.2, 0) is 11.3 Å². The van der Waals surface area contributed by atoms with Crippen LogP contribution >= 0.6 is 11.6 Å². The van der Waals surface area contributed by atoms with E-state index in [-0.39, 0.29) is 0 Å². The third-order valence-corrected chi connectivity index (χ3v) is 2.76. The molecule has 0 aliphatic carbocycles. The topological polar surface area (TPSA) is 21.3 Å². The average molecular weight is 254 g/mol. The Bertz CT molecular complexity index is 388. The maximum atomic E-state index is 6.15. The Hall–Kier alpha value is -0.990. The highest BCUT2D eigenvalue weighted by Gasteiger charge is 2.05. The molecule has 0 unspecified atom stereocenters. The Morgan fingerprint density at radius 1 is 1.47 bits per heavy atom. The summed E-state index contributed by atoms with van der Waals surface area (Å²) in [7, 11) is 0. The Morgan fingerprint density at radius 3 is 2.76 bits per heavy atom. The van der Waals surface area contributed by atoms with Gasteiger partial charge in [0.15, 0.2) is 0 Å². The predicted molar refractivity (Wildman–Crippen MR) is 74.1 cm³/mol. The van der Waals surface area contributed by atoms with E-state index >= 15 is 0 Å². The number of hydrogen-bond donors (Lipinski definition) is 1. The molecule has 3 heteroatoms. The van der Waals surface area contributed by atoms with E-state index in [0.29, 0.717) is 18.4 Å². The van der Waals surface area contributed by atoms with Crippen molar-refractivity contribution in [3.05, 3.63) is 40.9 Å². The van der Waals surface area contributed by atoms with Gasteiger partial charge < -0.3 is 10.1 Å². The van der Waals surface area contributed by atoms with Crippen LogP contribution in [0.15, 0.2) is 24.8 Å². The van der Waals surface area contributed by atoms with Crippen molar-refractivity contribution in [1.29, 1.82) is 0 Å². The van der Waals surface area contributed by atoms with Gasteiger partial charge in [-0.2, -0.15) is 0 Å². The number of hydrogen-bond acceptors (Lipinski definition) is 2. The summed E-state index contributed by atoms with van der Waals surface area (Å²) in [5.74, 6) is 0.690. The fraction of sp³-hybridized carbons (Fsp3) is 0.429. The lowest BCUT2D eigenvalue weighted by Crippen LogP contribution is -2.22. The maximum Gasteiger partial charge on any atom is 0.119 e. The quantitative estimate of drug-likeness (QED) is 0.778. The molecule has 0 atom stereocenters. The molecule has 0 amide bonds. The normalized spacial score (nSPS) is 10.6. The first-order valence-electron chi connectivity index (χ1n) is 5.88. The van der Waals surface area contributed by atoms with Crippen LogP contribution < -0.4 is 5.32 Å². The van der Waals surface area contributed by atoms with E-state index < -0.39 is 0 Å². The van der Waals surface area contributed by atoms with Crippen molar-refractivity contribution in [2.45, 2.75) is 33.4 Å². The summed E-state index contributed by atoms with van der Waals surface area (Å²) in [5, 5.41) is 4.12. The van der Waals surface area contributed by atoms with Crippen molar-refractivity contribution in [2.75, 3.05) is 6.61 Å². The summed E-state index contributed by atoms with van der Waals surface area (Å²) in [5.41, 5.74) is 2.05. The average Bonchev–Trinajstić information content (AvgIpc) is 2.28. The molecule has 0 aromatic heterocycles. The first kappa shape index (κ1) is 14.1. The van der Waals surface area contributed by atoms with Crippen molar-refractivity contribution in [3.63, 3.8) is 0 Å². The Kier molecular flexibility index (Phi) is 5.52. The minimum Gasteiger partial charge on any atom is -0.494 e. The fourth-order valence-corrected chi connectivity index (χ4v) is 1.64. The van der Waals surface area contributed by atoms with Crippen molar-refractivity contribution in [1.82, 2.24) is 5.32 Å². The van der Waals surface area contributed by atoms with Gasteiger partial charge in [0.2, 0.25) is 0 Å². The van der Waals surface area contributed by atoms with Gasteiger partial charge in [-0.25, -0.2) is 0 Å². The highest BCUT2D eigenvalue weighted by molar-refractivity contribution is 6.31. The fourth-order valence-electron chi connectivity index (χ4n) is 1.46. The van der Waals surface area contributed by atoms with Crippen LogP contribution in [0.5, 0.6) is 0 Å². The van der Waals surface area contributed by atoms with Crippen LogP contribution in [0, 0.1) is 0 Å². The van der Waals surface area contributed by atoms with Crippen LogP contribution in [0.3, 0.4) is 0 Å². The Balaban J connectivity index is 2.82. The molecule has 0 saturated carbocycles. The Labute approximate surface area is 109 Å². The van der Waals surface area contributed by atoms with Crippen LogP contribution in [-0.4, -0.2) is 12.6 Å². The van der Waals surface area contributed by atoms with E-state index in [2.05, 4.69) is 25.7 Å². The predicted octanol–water partition coefficient (Wildman–Crippen LogP) is 3.85. The van der Waals surface area contributed by atoms with Gasteiger partial charge in [-0.15, -0.1) is 0 Å². The van der Waals surface area contributed by atoms with Crippen LogP contribution in [0.2, 0.25) is 5.02 Å². The molecule has 1 aromatic rings. The summed E-state index contributed by atoms with van der Waals surface area (Å²) < 4.78 is 5.39. The largest absolute Gasteiger partial charge is 0.494 e. The van der Waals surface area contributed by atoms with Crippen molar-refractivity contribution < 1.29 is 4.74 Å². The molecule has 1 N–H and O–H groups in total. The maximum absolute atomic E-state index is 6.15. The van der Waals surface area contributed by atoms with Gasteiger partial charge in [0.05, 0.1) is 6.61 Å². The summed E-state index contributed by atoms with van der Waals surface area (Å²) in [6.45, 7) is 11.4. The molecule has 0 radical (unpaired) electrons. The van der Waals surface area contributed by atoms with Crippen LogP contribution in [0.4, 0.5) is 0 Å². The van der Waals surface area contributed by atoms with Gasteiger partial charge in [-0.05, 0) is 30.7 Å². The number of rotatable bonds is 6. The number of benzene rings is 1. The van der Waals surface area contributed by atoms with Gasteiger partial charge in [0, 0.05) is 23.2 Å². The molecular formula is C14H20ClNO. The molecule has 0 spiro atoms. The molecule has 0 saturated heterocycles. The minimum absolute atomic E-state index is 0.435. The molecule has 0 aliphatic rings. The molecule has 2 nitrogen and oxygen atoms in total. The molecule has 0 fully saturated rings. The van der Waals surface area contributed by atoms with Gasteiger partial charge in [-0.3, -0.25) is 0 Å². The van der Waals surface area contributed by atoms with E-state index in [4.69, 9.17) is 16.3 Å². The molecule has 0 heterocycles. The second kappa shape index (κ2) is 6.67. The molecule has 0 bridgehead atoms. The van der Waals surface area contributed by atoms with Gasteiger partial charge in [0.25, 0.3) is 0 Å². The molecule has 17 heavy (non-hydrogen) atoms. The lowest BCUT2D eigenvalue weighted by Gasteiger charge is -2.12. The molecule has 1 rings (SSSR count). The summed E-state index contributed by atoms with van der Waals surface area (Å²) in [6.07, 6.45) is 0. The van der Waals surface area contributed by atoms with Crippen molar-refractivity contribution in [2.24, 2.45) is 0 Å². The first-order chi connectivity index (χ1) is 8.04. The third kappa shape index (κ3) is 4.41. The number of ether oxygens (including phenoxy) is 1. The highest BCUT2D eigenvalue weighted by Crippen LogP contribution is 2.22. The van der Waals surface area contributed by atoms with E-state index in [1.54, 1.807) is 0 Å². The third-order valence-electron chi connectivity index (χ3n) is 2.39. The lowest BCUT2D eigenvalue weighted by atomic mass is 10.1. The van der Waals surface area contributed by atoms with Crippen molar-refractivity contribution in [3.8, 4) is 0 Å². The van der Waals surface area contributed by atoms with Gasteiger partial charge >= 0.3 is 0 Å². The van der Waals surface area contributed by atoms with Crippen LogP contribution in [0.25, 0.3) is 5.76 Å². The van der Waals surface area contributed by atoms with E-state index in [9.17, 15) is 0 Å². The SMILES string of the molecule is C=C(OCC)c1ccc(Cl)c(CNC(C)C)c1. The minimum atomic E-state index is 0.435. The van der Waals surface area contributed by atoms with E-state index in [1.807, 2.05) is 25.1 Å². The zero-order valence-electron chi connectivity index (χ0n) is 10.7. The zero-order valence-corrected chi connectivity index (χ0v) is 11.5. The monoisotopic (exact) mass is 253 g/mol.